The molecule has 2 N–H and O–H groups in total. The molecular weight excluding hydrogens is 358 g/mol. The van der Waals surface area contributed by atoms with E-state index in [4.69, 9.17) is 4.74 Å². The molecule has 1 fully saturated rings. The van der Waals surface area contributed by atoms with Gasteiger partial charge in [-0.15, -0.1) is 0 Å². The molecule has 1 heterocycles. The molecule has 0 spiro atoms. The van der Waals surface area contributed by atoms with Crippen LogP contribution in [-0.2, 0) is 16.1 Å². The summed E-state index contributed by atoms with van der Waals surface area (Å²) < 4.78 is 5.14. The van der Waals surface area contributed by atoms with E-state index >= 15 is 0 Å². The second-order valence-electron chi connectivity index (χ2n) is 7.18. The molecule has 0 saturated heterocycles. The Morgan fingerprint density at radius 1 is 1.39 bits per heavy atom. The summed E-state index contributed by atoms with van der Waals surface area (Å²) in [6.45, 7) is 1.34. The Morgan fingerprint density at radius 3 is 2.86 bits per heavy atom. The third-order valence-electron chi connectivity index (χ3n) is 5.06. The Balaban J connectivity index is 1.72. The van der Waals surface area contributed by atoms with E-state index in [2.05, 4.69) is 21.4 Å². The number of fused-ring (bicyclic) bond motifs is 1. The lowest BCUT2D eigenvalue weighted by Crippen LogP contribution is -2.49. The minimum Gasteiger partial charge on any atom is -0.383 e. The number of nitrogens with one attached hydrogen (secondary N) is 2. The van der Waals surface area contributed by atoms with Crippen molar-refractivity contribution < 1.29 is 9.53 Å². The van der Waals surface area contributed by atoms with Crippen LogP contribution in [0.25, 0.3) is 10.9 Å². The molecule has 3 rings (SSSR count). The number of nitrogens with zero attached hydrogens (tertiary/aromatic N) is 3. The number of rotatable bonds is 8. The molecular formula is C20H25N5O3. The summed E-state index contributed by atoms with van der Waals surface area (Å²) in [5.74, 6) is 0.283. The molecule has 1 aliphatic carbocycles. The summed E-state index contributed by atoms with van der Waals surface area (Å²) in [6, 6.07) is 9.41. The summed E-state index contributed by atoms with van der Waals surface area (Å²) in [5.41, 5.74) is -0.336. The quantitative estimate of drug-likeness (QED) is 0.711. The number of aromatic nitrogens is 2. The van der Waals surface area contributed by atoms with E-state index in [1.54, 1.807) is 25.3 Å². The van der Waals surface area contributed by atoms with E-state index < -0.39 is 5.54 Å². The van der Waals surface area contributed by atoms with Crippen LogP contribution < -0.4 is 10.9 Å². The molecule has 2 aromatic rings. The van der Waals surface area contributed by atoms with Gasteiger partial charge in [-0.05, 0) is 37.8 Å². The lowest BCUT2D eigenvalue weighted by atomic mass is 10.00. The molecule has 1 aromatic carbocycles. The maximum atomic E-state index is 12.6. The number of methoxy groups -OCH3 is 1. The van der Waals surface area contributed by atoms with Crippen molar-refractivity contribution in [2.45, 2.75) is 37.8 Å². The number of para-hydroxylation sites is 1. The van der Waals surface area contributed by atoms with Crippen LogP contribution in [0.15, 0.2) is 29.1 Å². The Morgan fingerprint density at radius 2 is 2.14 bits per heavy atom. The zero-order valence-electron chi connectivity index (χ0n) is 16.0. The molecule has 1 aromatic heterocycles. The Bertz CT molecular complexity index is 927. The normalized spacial score (nSPS) is 15.6. The van der Waals surface area contributed by atoms with E-state index in [-0.39, 0.29) is 18.0 Å². The van der Waals surface area contributed by atoms with Gasteiger partial charge < -0.3 is 15.0 Å². The first kappa shape index (κ1) is 20.0. The number of ether oxygens (including phenoxy) is 1. The topological polar surface area (TPSA) is 111 Å². The van der Waals surface area contributed by atoms with Crippen LogP contribution in [0.3, 0.4) is 0 Å². The molecule has 1 saturated carbocycles. The van der Waals surface area contributed by atoms with Gasteiger partial charge in [0.25, 0.3) is 5.56 Å². The van der Waals surface area contributed by atoms with Gasteiger partial charge in [-0.3, -0.25) is 14.5 Å². The van der Waals surface area contributed by atoms with E-state index in [0.717, 1.165) is 12.8 Å². The fraction of sp³-hybridized carbons (Fsp3) is 0.500. The molecule has 0 bridgehead atoms. The third kappa shape index (κ3) is 4.74. The molecule has 148 valence electrons. The number of benzene rings is 1. The lowest BCUT2D eigenvalue weighted by Gasteiger charge is -2.25. The van der Waals surface area contributed by atoms with Crippen molar-refractivity contribution in [3.63, 3.8) is 0 Å². The van der Waals surface area contributed by atoms with Crippen LogP contribution in [0.4, 0.5) is 0 Å². The van der Waals surface area contributed by atoms with Gasteiger partial charge in [-0.25, -0.2) is 4.98 Å². The van der Waals surface area contributed by atoms with Gasteiger partial charge in [-0.1, -0.05) is 12.1 Å². The van der Waals surface area contributed by atoms with Crippen molar-refractivity contribution >= 4 is 16.8 Å². The first-order chi connectivity index (χ1) is 13.5. The summed E-state index contributed by atoms with van der Waals surface area (Å²) in [6.07, 6.45) is 3.27. The second-order valence-corrected chi connectivity index (χ2v) is 7.18. The number of carbonyl (C=O) groups excluding carboxylic acids is 1. The average Bonchev–Trinajstić information content (AvgIpc) is 3.15. The maximum Gasteiger partial charge on any atom is 0.258 e. The second kappa shape index (κ2) is 8.95. The van der Waals surface area contributed by atoms with Crippen LogP contribution >= 0.6 is 0 Å². The summed E-state index contributed by atoms with van der Waals surface area (Å²) in [4.78, 5) is 34.0. The monoisotopic (exact) mass is 383 g/mol. The van der Waals surface area contributed by atoms with E-state index in [1.165, 1.54) is 0 Å². The number of carbonyl (C=O) groups is 1. The highest BCUT2D eigenvalue weighted by Gasteiger charge is 2.35. The first-order valence-corrected chi connectivity index (χ1v) is 9.47. The summed E-state index contributed by atoms with van der Waals surface area (Å²) >= 11 is 0. The maximum absolute atomic E-state index is 12.6. The SMILES string of the molecule is COCCN(CC(=O)NC1(C#N)CCCC1)Cc1nc2ccccc2c(=O)[nH]1. The predicted molar refractivity (Wildman–Crippen MR) is 104 cm³/mol. The molecule has 1 aliphatic rings. The zero-order chi connectivity index (χ0) is 20.0. The van der Waals surface area contributed by atoms with Gasteiger partial charge in [0.1, 0.15) is 11.4 Å². The molecule has 1 amide bonds. The van der Waals surface area contributed by atoms with E-state index in [0.29, 0.717) is 49.3 Å². The van der Waals surface area contributed by atoms with Crippen molar-refractivity contribution in [2.24, 2.45) is 0 Å². The Kier molecular flexibility index (Phi) is 6.39. The van der Waals surface area contributed by atoms with E-state index in [9.17, 15) is 14.9 Å². The van der Waals surface area contributed by atoms with Crippen molar-refractivity contribution in [2.75, 3.05) is 26.8 Å². The molecule has 8 nitrogen and oxygen atoms in total. The summed E-state index contributed by atoms with van der Waals surface area (Å²) in [5, 5.41) is 12.9. The van der Waals surface area contributed by atoms with Gasteiger partial charge in [0.05, 0.1) is 36.7 Å². The van der Waals surface area contributed by atoms with Crippen LogP contribution in [0.5, 0.6) is 0 Å². The third-order valence-corrected chi connectivity index (χ3v) is 5.06. The van der Waals surface area contributed by atoms with Gasteiger partial charge in [0, 0.05) is 13.7 Å². The van der Waals surface area contributed by atoms with E-state index in [1.807, 2.05) is 11.0 Å². The molecule has 0 aliphatic heterocycles. The van der Waals surface area contributed by atoms with Crippen LogP contribution in [0.1, 0.15) is 31.5 Å². The highest BCUT2D eigenvalue weighted by Crippen LogP contribution is 2.28. The highest BCUT2D eigenvalue weighted by molar-refractivity contribution is 5.79. The van der Waals surface area contributed by atoms with Crippen molar-refractivity contribution in [1.82, 2.24) is 20.2 Å². The standard InChI is InChI=1S/C20H25N5O3/c1-28-11-10-25(13-18(26)24-20(14-21)8-4-5-9-20)12-17-22-16-7-3-2-6-15(16)19(27)23-17/h2-3,6-7H,4-5,8-13H2,1H3,(H,24,26)(H,22,23,27). The Labute approximate surface area is 163 Å². The van der Waals surface area contributed by atoms with Gasteiger partial charge in [-0.2, -0.15) is 5.26 Å². The number of hydrogen-bond acceptors (Lipinski definition) is 6. The smallest absolute Gasteiger partial charge is 0.258 e. The number of nitriles is 1. The number of H-pyrrole nitrogens is 1. The fourth-order valence-corrected chi connectivity index (χ4v) is 3.61. The predicted octanol–water partition coefficient (Wildman–Crippen LogP) is 1.32. The lowest BCUT2D eigenvalue weighted by molar-refractivity contribution is -0.123. The van der Waals surface area contributed by atoms with Crippen LogP contribution in [0, 0.1) is 11.3 Å². The number of amides is 1. The van der Waals surface area contributed by atoms with Gasteiger partial charge in [0.2, 0.25) is 5.91 Å². The molecule has 0 unspecified atom stereocenters. The minimum atomic E-state index is -0.750. The molecule has 0 atom stereocenters. The highest BCUT2D eigenvalue weighted by atomic mass is 16.5. The summed E-state index contributed by atoms with van der Waals surface area (Å²) in [7, 11) is 1.59. The van der Waals surface area contributed by atoms with Gasteiger partial charge >= 0.3 is 0 Å². The zero-order valence-corrected chi connectivity index (χ0v) is 16.0. The van der Waals surface area contributed by atoms with Crippen molar-refractivity contribution in [3.05, 3.63) is 40.4 Å². The average molecular weight is 383 g/mol. The number of aromatic amines is 1. The molecule has 0 radical (unpaired) electrons. The van der Waals surface area contributed by atoms with Crippen LogP contribution in [0.2, 0.25) is 0 Å². The van der Waals surface area contributed by atoms with Crippen molar-refractivity contribution in [1.29, 1.82) is 5.26 Å². The Hall–Kier alpha value is -2.76. The first-order valence-electron chi connectivity index (χ1n) is 9.47. The molecule has 28 heavy (non-hydrogen) atoms. The van der Waals surface area contributed by atoms with Crippen molar-refractivity contribution in [3.8, 4) is 6.07 Å². The minimum absolute atomic E-state index is 0.101. The van der Waals surface area contributed by atoms with Crippen LogP contribution in [-0.4, -0.2) is 53.1 Å². The molecule has 8 heteroatoms. The van der Waals surface area contributed by atoms with Gasteiger partial charge in [0.15, 0.2) is 0 Å². The number of hydrogen-bond donors (Lipinski definition) is 2. The largest absolute Gasteiger partial charge is 0.383 e. The fourth-order valence-electron chi connectivity index (χ4n) is 3.61.